The van der Waals surface area contributed by atoms with Gasteiger partial charge in [0.15, 0.2) is 0 Å². The van der Waals surface area contributed by atoms with Crippen molar-refractivity contribution in [3.63, 3.8) is 0 Å². The van der Waals surface area contributed by atoms with Crippen LogP contribution < -0.4 is 5.84 Å². The van der Waals surface area contributed by atoms with Crippen molar-refractivity contribution in [1.29, 1.82) is 0 Å². The van der Waals surface area contributed by atoms with Gasteiger partial charge in [-0.05, 0) is 23.1 Å². The molecule has 0 amide bonds. The highest BCUT2D eigenvalue weighted by molar-refractivity contribution is 7.89. The molecule has 0 bridgehead atoms. The van der Waals surface area contributed by atoms with Crippen molar-refractivity contribution >= 4 is 10.0 Å². The number of benzene rings is 1. The number of nitrogens with two attached hydrogens (primary N) is 1. The molecule has 0 spiro atoms. The molecule has 5 nitrogen and oxygen atoms in total. The molecule has 0 atom stereocenters. The molecule has 0 saturated carbocycles. The predicted octanol–water partition coefficient (Wildman–Crippen LogP) is 0.249. The molecule has 1 rings (SSSR count). The lowest BCUT2D eigenvalue weighted by atomic mass is 10.2. The molecule has 72 valence electrons. The zero-order chi connectivity index (χ0) is 10.1. The van der Waals surface area contributed by atoms with E-state index in [-0.39, 0.29) is 9.47 Å². The minimum absolute atomic E-state index is 0.000000000000000444. The number of nitrogens with zero attached hydrogens (tertiary/aromatic N) is 1. The Morgan fingerprint density at radius 3 is 2.38 bits per heavy atom. The Bertz CT molecular complexity index is 400. The highest BCUT2D eigenvalue weighted by atomic mass is 32.2. The molecule has 0 fully saturated rings. The van der Waals surface area contributed by atoms with Crippen molar-refractivity contribution in [2.75, 3.05) is 0 Å². The predicted molar refractivity (Wildman–Crippen MR) is 46.2 cm³/mol. The van der Waals surface area contributed by atoms with Gasteiger partial charge in [0.25, 0.3) is 10.0 Å². The molecule has 0 aliphatic heterocycles. The van der Waals surface area contributed by atoms with Crippen molar-refractivity contribution in [3.05, 3.63) is 29.8 Å². The summed E-state index contributed by atoms with van der Waals surface area (Å²) in [7, 11) is -3.94. The van der Waals surface area contributed by atoms with E-state index >= 15 is 0 Å². The van der Waals surface area contributed by atoms with E-state index in [0.717, 1.165) is 0 Å². The van der Waals surface area contributed by atoms with Crippen LogP contribution in [-0.4, -0.2) is 18.2 Å². The molecule has 0 aliphatic carbocycles. The number of hydrogen-bond acceptors (Lipinski definition) is 4. The van der Waals surface area contributed by atoms with Gasteiger partial charge in [-0.25, -0.2) is 14.3 Å². The first kappa shape index (κ1) is 10.1. The maximum Gasteiger partial charge on any atom is 0.278 e. The van der Waals surface area contributed by atoms with E-state index < -0.39 is 10.0 Å². The van der Waals surface area contributed by atoms with Crippen LogP contribution >= 0.6 is 0 Å². The summed E-state index contributed by atoms with van der Waals surface area (Å²) in [6, 6.07) is 6.26. The second-order valence-electron chi connectivity index (χ2n) is 2.54. The van der Waals surface area contributed by atoms with E-state index in [9.17, 15) is 8.42 Å². The summed E-state index contributed by atoms with van der Waals surface area (Å²) in [6.07, 6.45) is 0. The molecule has 0 heterocycles. The van der Waals surface area contributed by atoms with Crippen LogP contribution in [0.3, 0.4) is 0 Å². The van der Waals surface area contributed by atoms with E-state index in [4.69, 9.17) is 11.0 Å². The van der Waals surface area contributed by atoms with Crippen LogP contribution in [0.1, 0.15) is 5.56 Å². The van der Waals surface area contributed by atoms with Gasteiger partial charge >= 0.3 is 0 Å². The third kappa shape index (κ3) is 1.86. The zero-order valence-corrected chi connectivity index (χ0v) is 7.82. The molecule has 6 heteroatoms. The monoisotopic (exact) mass is 202 g/mol. The lowest BCUT2D eigenvalue weighted by Gasteiger charge is -2.10. The van der Waals surface area contributed by atoms with Crippen molar-refractivity contribution in [1.82, 2.24) is 4.58 Å². The van der Waals surface area contributed by atoms with Crippen LogP contribution in [0.4, 0.5) is 0 Å². The number of aryl methyl sites for hydroxylation is 1. The molecule has 1 aromatic rings. The fraction of sp³-hybridized carbons (Fsp3) is 0.143. The first-order valence-electron chi connectivity index (χ1n) is 3.51. The highest BCUT2D eigenvalue weighted by Crippen LogP contribution is 2.15. The van der Waals surface area contributed by atoms with Gasteiger partial charge in [-0.15, -0.1) is 0 Å². The minimum Gasteiger partial charge on any atom is -0.285 e. The smallest absolute Gasteiger partial charge is 0.278 e. The molecule has 0 radical (unpaired) electrons. The molecule has 13 heavy (non-hydrogen) atoms. The second-order valence-corrected chi connectivity index (χ2v) is 4.31. The molecular formula is C7H10N2O3S. The molecule has 0 aliphatic rings. The molecule has 0 unspecified atom stereocenters. The van der Waals surface area contributed by atoms with Crippen LogP contribution in [0.15, 0.2) is 29.2 Å². The topological polar surface area (TPSA) is 83.6 Å². The SMILES string of the molecule is Cc1ccccc1S(=O)(=O)N(N)O. The number of hydrogen-bond donors (Lipinski definition) is 2. The summed E-state index contributed by atoms with van der Waals surface area (Å²) in [5, 5.41) is 8.68. The number of sulfonamides is 1. The van der Waals surface area contributed by atoms with Gasteiger partial charge in [-0.1, -0.05) is 18.2 Å². The fourth-order valence-electron chi connectivity index (χ4n) is 0.947. The van der Waals surface area contributed by atoms with Crippen molar-refractivity contribution in [2.24, 2.45) is 5.84 Å². The van der Waals surface area contributed by atoms with Gasteiger partial charge in [0, 0.05) is 0 Å². The zero-order valence-electron chi connectivity index (χ0n) is 7.01. The van der Waals surface area contributed by atoms with Gasteiger partial charge in [-0.2, -0.15) is 0 Å². The van der Waals surface area contributed by atoms with Crippen molar-refractivity contribution in [3.8, 4) is 0 Å². The summed E-state index contributed by atoms with van der Waals surface area (Å²) < 4.78 is 22.3. The van der Waals surface area contributed by atoms with E-state index in [0.29, 0.717) is 5.56 Å². The molecule has 0 aromatic heterocycles. The molecular weight excluding hydrogens is 192 g/mol. The Labute approximate surface area is 76.4 Å². The standard InChI is InChI=1S/C7H10N2O3S/c1-6-4-2-3-5-7(6)13(11,12)9(8)10/h2-5,10H,8H2,1H3. The second kappa shape index (κ2) is 3.43. The van der Waals surface area contributed by atoms with E-state index in [2.05, 4.69) is 0 Å². The van der Waals surface area contributed by atoms with Crippen LogP contribution in [-0.2, 0) is 10.0 Å². The maximum atomic E-state index is 11.3. The first-order valence-corrected chi connectivity index (χ1v) is 4.95. The average Bonchev–Trinajstić information content (AvgIpc) is 2.04. The van der Waals surface area contributed by atoms with Crippen LogP contribution in [0.2, 0.25) is 0 Å². The number of hydrazine groups is 1. The molecule has 1 aromatic carbocycles. The summed E-state index contributed by atoms with van der Waals surface area (Å²) in [6.45, 7) is 1.62. The highest BCUT2D eigenvalue weighted by Gasteiger charge is 2.21. The first-order chi connectivity index (χ1) is 5.96. The normalized spacial score (nSPS) is 12.0. The summed E-state index contributed by atoms with van der Waals surface area (Å²) in [5.74, 6) is 4.77. The van der Waals surface area contributed by atoms with Crippen molar-refractivity contribution in [2.45, 2.75) is 11.8 Å². The minimum atomic E-state index is -3.94. The third-order valence-electron chi connectivity index (χ3n) is 1.62. The third-order valence-corrected chi connectivity index (χ3v) is 3.12. The quantitative estimate of drug-likeness (QED) is 0.532. The van der Waals surface area contributed by atoms with Crippen LogP contribution in [0.25, 0.3) is 0 Å². The fourth-order valence-corrected chi connectivity index (χ4v) is 1.87. The van der Waals surface area contributed by atoms with Gasteiger partial charge in [0.1, 0.15) is 0 Å². The van der Waals surface area contributed by atoms with Gasteiger partial charge in [-0.3, -0.25) is 5.21 Å². The average molecular weight is 202 g/mol. The molecule has 3 N–H and O–H groups in total. The Morgan fingerprint density at radius 1 is 1.38 bits per heavy atom. The van der Waals surface area contributed by atoms with Gasteiger partial charge in [0.2, 0.25) is 0 Å². The van der Waals surface area contributed by atoms with E-state index in [1.54, 1.807) is 25.1 Å². The lowest BCUT2D eigenvalue weighted by molar-refractivity contribution is 0.00241. The Balaban J connectivity index is 3.32. The largest absolute Gasteiger partial charge is 0.285 e. The summed E-state index contributed by atoms with van der Waals surface area (Å²) in [5.41, 5.74) is 0.534. The van der Waals surface area contributed by atoms with Gasteiger partial charge in [0.05, 0.1) is 4.90 Å². The Hall–Kier alpha value is -0.950. The van der Waals surface area contributed by atoms with Crippen LogP contribution in [0, 0.1) is 6.92 Å². The lowest BCUT2D eigenvalue weighted by Crippen LogP contribution is -2.34. The van der Waals surface area contributed by atoms with Crippen LogP contribution in [0.5, 0.6) is 0 Å². The van der Waals surface area contributed by atoms with Gasteiger partial charge < -0.3 is 0 Å². The van der Waals surface area contributed by atoms with Crippen molar-refractivity contribution < 1.29 is 13.6 Å². The molecule has 0 saturated heterocycles. The Kier molecular flexibility index (Phi) is 2.67. The van der Waals surface area contributed by atoms with E-state index in [1.165, 1.54) is 6.07 Å². The maximum absolute atomic E-state index is 11.3. The Morgan fingerprint density at radius 2 is 1.92 bits per heavy atom. The summed E-state index contributed by atoms with van der Waals surface area (Å²) >= 11 is 0. The van der Waals surface area contributed by atoms with E-state index in [1.807, 2.05) is 0 Å². The number of rotatable bonds is 2. The summed E-state index contributed by atoms with van der Waals surface area (Å²) in [4.78, 5) is 0.000000000000000444.